The minimum absolute atomic E-state index is 0.536. The predicted molar refractivity (Wildman–Crippen MR) is 91.8 cm³/mol. The number of hydrogen-bond acceptors (Lipinski definition) is 0. The molecule has 3 rings (SSSR count). The summed E-state index contributed by atoms with van der Waals surface area (Å²) in [5.74, 6) is -2.44. The number of hydrogen-bond donors (Lipinski definition) is 0. The van der Waals surface area contributed by atoms with Crippen LogP contribution in [0.4, 0.5) is 13.2 Å². The highest BCUT2D eigenvalue weighted by atomic mass is 19.2. The van der Waals surface area contributed by atoms with Crippen LogP contribution in [0.1, 0.15) is 56.9 Å². The van der Waals surface area contributed by atoms with Crippen molar-refractivity contribution in [3.63, 3.8) is 0 Å². The molecule has 1 saturated carbocycles. The first kappa shape index (κ1) is 17.3. The predicted octanol–water partition coefficient (Wildman–Crippen LogP) is 6.81. The van der Waals surface area contributed by atoms with Crippen molar-refractivity contribution >= 4 is 0 Å². The number of halogens is 3. The Morgan fingerprint density at radius 2 is 1.54 bits per heavy atom. The Bertz CT molecular complexity index is 589. The summed E-state index contributed by atoms with van der Waals surface area (Å²) in [4.78, 5) is 0. The van der Waals surface area contributed by atoms with Crippen molar-refractivity contribution in [2.75, 3.05) is 0 Å². The van der Waals surface area contributed by atoms with Crippen LogP contribution in [0, 0.1) is 11.8 Å². The zero-order chi connectivity index (χ0) is 17.2. The molecule has 0 heterocycles. The Morgan fingerprint density at radius 1 is 0.958 bits per heavy atom. The molecule has 2 aliphatic rings. The van der Waals surface area contributed by atoms with Gasteiger partial charge < -0.3 is 0 Å². The second kappa shape index (κ2) is 7.16. The second-order valence-electron chi connectivity index (χ2n) is 7.18. The van der Waals surface area contributed by atoms with Crippen LogP contribution in [0.25, 0.3) is 0 Å². The first-order valence-corrected chi connectivity index (χ1v) is 9.05. The first-order valence-electron chi connectivity index (χ1n) is 9.05. The third-order valence-electron chi connectivity index (χ3n) is 5.64. The maximum atomic E-state index is 15.4. The summed E-state index contributed by atoms with van der Waals surface area (Å²) in [7, 11) is 0. The van der Waals surface area contributed by atoms with E-state index in [1.807, 2.05) is 18.2 Å². The highest BCUT2D eigenvalue weighted by Gasteiger charge is 2.50. The fourth-order valence-corrected chi connectivity index (χ4v) is 4.23. The van der Waals surface area contributed by atoms with Crippen LogP contribution in [0.3, 0.4) is 0 Å². The van der Waals surface area contributed by atoms with Gasteiger partial charge in [0, 0.05) is 11.8 Å². The summed E-state index contributed by atoms with van der Waals surface area (Å²) >= 11 is 0. The highest BCUT2D eigenvalue weighted by molar-refractivity contribution is 5.40. The Balaban J connectivity index is 1.78. The van der Waals surface area contributed by atoms with Crippen LogP contribution in [0.5, 0.6) is 0 Å². The minimum atomic E-state index is -2.55. The van der Waals surface area contributed by atoms with Crippen molar-refractivity contribution in [3.05, 3.63) is 59.7 Å². The highest BCUT2D eigenvalue weighted by Crippen LogP contribution is 2.50. The van der Waals surface area contributed by atoms with Gasteiger partial charge in [-0.05, 0) is 36.5 Å². The van der Waals surface area contributed by atoms with Gasteiger partial charge in [-0.3, -0.25) is 0 Å². The lowest BCUT2D eigenvalue weighted by Crippen LogP contribution is -2.39. The van der Waals surface area contributed by atoms with Gasteiger partial charge in [-0.2, -0.15) is 0 Å². The molecule has 0 N–H and O–H groups in total. The summed E-state index contributed by atoms with van der Waals surface area (Å²) in [6, 6.07) is 9.09. The molecule has 0 aliphatic heterocycles. The van der Waals surface area contributed by atoms with Crippen LogP contribution < -0.4 is 0 Å². The van der Waals surface area contributed by atoms with Crippen molar-refractivity contribution in [1.82, 2.24) is 0 Å². The van der Waals surface area contributed by atoms with E-state index in [4.69, 9.17) is 0 Å². The molecule has 3 heteroatoms. The van der Waals surface area contributed by atoms with Crippen LogP contribution in [0.15, 0.2) is 54.1 Å². The van der Waals surface area contributed by atoms with Gasteiger partial charge in [-0.25, -0.2) is 13.2 Å². The Kier molecular flexibility index (Phi) is 5.17. The van der Waals surface area contributed by atoms with E-state index >= 15 is 4.39 Å². The van der Waals surface area contributed by atoms with Gasteiger partial charge in [-0.15, -0.1) is 0 Å². The van der Waals surface area contributed by atoms with Crippen LogP contribution in [0.2, 0.25) is 0 Å². The lowest BCUT2D eigenvalue weighted by Gasteiger charge is -2.38. The van der Waals surface area contributed by atoms with Crippen molar-refractivity contribution in [3.8, 4) is 0 Å². The maximum absolute atomic E-state index is 15.4. The van der Waals surface area contributed by atoms with E-state index in [0.29, 0.717) is 18.8 Å². The van der Waals surface area contributed by atoms with E-state index in [-0.39, 0.29) is 0 Å². The standard InChI is InChI=1S/C21H25F3/c1-2-6-15-9-11-18(12-10-15)21(24)19(22)13-17(14-20(21)23)16-7-4-3-5-8-16/h3-5,7-8,13-15,17-18H,2,6,9-12H2,1H3. The molecule has 0 spiro atoms. The van der Waals surface area contributed by atoms with E-state index in [1.165, 1.54) is 12.2 Å². The largest absolute Gasteiger partial charge is 0.228 e. The molecule has 130 valence electrons. The molecule has 0 amide bonds. The van der Waals surface area contributed by atoms with E-state index < -0.39 is 29.2 Å². The van der Waals surface area contributed by atoms with Crippen LogP contribution in [-0.2, 0) is 0 Å². The molecule has 0 atom stereocenters. The molecule has 1 fully saturated rings. The lowest BCUT2D eigenvalue weighted by atomic mass is 9.70. The number of rotatable bonds is 4. The molecule has 0 nitrogen and oxygen atoms in total. The van der Waals surface area contributed by atoms with Crippen LogP contribution >= 0.6 is 0 Å². The van der Waals surface area contributed by atoms with E-state index in [0.717, 1.165) is 31.2 Å². The van der Waals surface area contributed by atoms with Crippen molar-refractivity contribution < 1.29 is 13.2 Å². The van der Waals surface area contributed by atoms with E-state index in [9.17, 15) is 8.78 Å². The molecular weight excluding hydrogens is 309 g/mol. The lowest BCUT2D eigenvalue weighted by molar-refractivity contribution is 0.0654. The average molecular weight is 334 g/mol. The molecule has 0 unspecified atom stereocenters. The zero-order valence-electron chi connectivity index (χ0n) is 14.2. The van der Waals surface area contributed by atoms with Crippen molar-refractivity contribution in [1.29, 1.82) is 0 Å². The Hall–Kier alpha value is -1.51. The van der Waals surface area contributed by atoms with Crippen LogP contribution in [-0.4, -0.2) is 5.67 Å². The topological polar surface area (TPSA) is 0 Å². The second-order valence-corrected chi connectivity index (χ2v) is 7.18. The molecule has 0 saturated heterocycles. The van der Waals surface area contributed by atoms with Crippen molar-refractivity contribution in [2.24, 2.45) is 11.8 Å². The monoisotopic (exact) mass is 334 g/mol. The molecule has 0 bridgehead atoms. The summed E-state index contributed by atoms with van der Waals surface area (Å²) in [6.07, 6.45) is 7.57. The number of allylic oxidation sites excluding steroid dienone is 4. The molecule has 1 aromatic carbocycles. The van der Waals surface area contributed by atoms with Gasteiger partial charge >= 0.3 is 0 Å². The fraction of sp³-hybridized carbons (Fsp3) is 0.524. The zero-order valence-corrected chi connectivity index (χ0v) is 14.2. The molecule has 2 aliphatic carbocycles. The van der Waals surface area contributed by atoms with E-state index in [2.05, 4.69) is 6.92 Å². The number of benzene rings is 1. The normalized spacial score (nSPS) is 33.8. The quantitative estimate of drug-likeness (QED) is 0.567. The average Bonchev–Trinajstić information content (AvgIpc) is 2.61. The maximum Gasteiger partial charge on any atom is 0.214 e. The SMILES string of the molecule is CCCC1CCC(C2(F)C(F)=CC(c3ccccc3)C=C2F)CC1. The molecule has 0 radical (unpaired) electrons. The molecule has 0 aromatic heterocycles. The molecular formula is C21H25F3. The van der Waals surface area contributed by atoms with Gasteiger partial charge in [0.25, 0.3) is 0 Å². The first-order chi connectivity index (χ1) is 11.6. The third-order valence-corrected chi connectivity index (χ3v) is 5.64. The van der Waals surface area contributed by atoms with Crippen molar-refractivity contribution in [2.45, 2.75) is 57.0 Å². The Morgan fingerprint density at radius 3 is 2.08 bits per heavy atom. The molecule has 1 aromatic rings. The van der Waals surface area contributed by atoms with E-state index in [1.54, 1.807) is 12.1 Å². The summed E-state index contributed by atoms with van der Waals surface area (Å²) < 4.78 is 44.7. The van der Waals surface area contributed by atoms with Gasteiger partial charge in [0.1, 0.15) is 11.7 Å². The van der Waals surface area contributed by atoms with Gasteiger partial charge in [0.15, 0.2) is 0 Å². The molecule has 24 heavy (non-hydrogen) atoms. The smallest absolute Gasteiger partial charge is 0.214 e. The number of alkyl halides is 1. The summed E-state index contributed by atoms with van der Waals surface area (Å²) in [6.45, 7) is 2.14. The summed E-state index contributed by atoms with van der Waals surface area (Å²) in [5.41, 5.74) is -1.78. The fourth-order valence-electron chi connectivity index (χ4n) is 4.23. The third kappa shape index (κ3) is 3.18. The van der Waals surface area contributed by atoms with Gasteiger partial charge in [-0.1, -0.05) is 62.9 Å². The Labute approximate surface area is 142 Å². The minimum Gasteiger partial charge on any atom is -0.228 e. The summed E-state index contributed by atoms with van der Waals surface area (Å²) in [5, 5.41) is 0. The van der Waals surface area contributed by atoms with Gasteiger partial charge in [0.2, 0.25) is 5.67 Å². The van der Waals surface area contributed by atoms with Gasteiger partial charge in [0.05, 0.1) is 0 Å².